The molecule has 0 radical (unpaired) electrons. The molecule has 0 spiro atoms. The van der Waals surface area contributed by atoms with Crippen LogP contribution in [0.2, 0.25) is 5.02 Å². The summed E-state index contributed by atoms with van der Waals surface area (Å²) in [4.78, 5) is 19.0. The van der Waals surface area contributed by atoms with Gasteiger partial charge in [-0.2, -0.15) is 0 Å². The van der Waals surface area contributed by atoms with E-state index in [2.05, 4.69) is 39.9 Å². The molecule has 1 aromatic heterocycles. The highest BCUT2D eigenvalue weighted by Crippen LogP contribution is 2.27. The molecule has 2 heterocycles. The quantitative estimate of drug-likeness (QED) is 0.361. The lowest BCUT2D eigenvalue weighted by molar-refractivity contribution is 0.0704. The van der Waals surface area contributed by atoms with E-state index in [9.17, 15) is 4.79 Å². The van der Waals surface area contributed by atoms with Crippen LogP contribution in [0.15, 0.2) is 85.1 Å². The predicted molar refractivity (Wildman–Crippen MR) is 139 cm³/mol. The zero-order chi connectivity index (χ0) is 23.3. The van der Waals surface area contributed by atoms with Gasteiger partial charge in [-0.05, 0) is 66.9 Å². The topological polar surface area (TPSA) is 57.3 Å². The van der Waals surface area contributed by atoms with Gasteiger partial charge in [-0.1, -0.05) is 41.9 Å². The van der Waals surface area contributed by atoms with E-state index in [0.29, 0.717) is 11.1 Å². The molecule has 1 fully saturated rings. The number of likely N-dealkylation sites (tertiary alicyclic amines) is 1. The zero-order valence-corrected chi connectivity index (χ0v) is 19.6. The summed E-state index contributed by atoms with van der Waals surface area (Å²) in [5.41, 5.74) is 4.91. The number of hydrogen-bond donors (Lipinski definition) is 2. The third-order valence-corrected chi connectivity index (χ3v) is 6.57. The lowest BCUT2D eigenvalue weighted by atomic mass is 10.0. The Morgan fingerprint density at radius 2 is 1.74 bits per heavy atom. The first-order valence-corrected chi connectivity index (χ1v) is 12.0. The Hall–Kier alpha value is -3.41. The summed E-state index contributed by atoms with van der Waals surface area (Å²) in [5, 5.41) is 8.86. The van der Waals surface area contributed by atoms with Crippen LogP contribution < -0.4 is 10.6 Å². The minimum atomic E-state index is 0.132. The molecule has 0 atom stereocenters. The standard InChI is InChI=1S/C28H27ClN4O/c29-22-8-11-25-26(12-15-30-27(25)18-22)32-24-9-6-20(7-10-24)19-31-23-13-16-33(17-14-23)28(34)21-4-2-1-3-5-21/h1-12,15,18,23,31H,13-14,16-17,19H2,(H,30,32). The van der Waals surface area contributed by atoms with Crippen molar-refractivity contribution in [3.8, 4) is 0 Å². The molecule has 0 bridgehead atoms. The molecule has 3 aromatic carbocycles. The molecular formula is C28H27ClN4O. The average Bonchev–Trinajstić information content (AvgIpc) is 2.89. The van der Waals surface area contributed by atoms with Crippen LogP contribution in [0.4, 0.5) is 11.4 Å². The molecule has 0 unspecified atom stereocenters. The van der Waals surface area contributed by atoms with E-state index in [-0.39, 0.29) is 5.91 Å². The van der Waals surface area contributed by atoms with Crippen molar-refractivity contribution in [2.45, 2.75) is 25.4 Å². The minimum Gasteiger partial charge on any atom is -0.355 e. The molecule has 0 aliphatic carbocycles. The highest BCUT2D eigenvalue weighted by Gasteiger charge is 2.23. The highest BCUT2D eigenvalue weighted by atomic mass is 35.5. The number of benzene rings is 3. The van der Waals surface area contributed by atoms with Crippen LogP contribution in [-0.2, 0) is 6.54 Å². The first-order valence-electron chi connectivity index (χ1n) is 11.6. The summed E-state index contributed by atoms with van der Waals surface area (Å²) in [6.45, 7) is 2.40. The van der Waals surface area contributed by atoms with Gasteiger partial charge < -0.3 is 15.5 Å². The molecule has 1 amide bonds. The number of anilines is 2. The number of aromatic nitrogens is 1. The lowest BCUT2D eigenvalue weighted by Crippen LogP contribution is -2.44. The van der Waals surface area contributed by atoms with Gasteiger partial charge in [0.2, 0.25) is 0 Å². The summed E-state index contributed by atoms with van der Waals surface area (Å²) >= 11 is 6.10. The van der Waals surface area contributed by atoms with Gasteiger partial charge >= 0.3 is 0 Å². The molecular weight excluding hydrogens is 444 g/mol. The number of carbonyl (C=O) groups excluding carboxylic acids is 1. The van der Waals surface area contributed by atoms with E-state index in [0.717, 1.165) is 60.3 Å². The van der Waals surface area contributed by atoms with Crippen LogP contribution in [0.5, 0.6) is 0 Å². The molecule has 1 saturated heterocycles. The van der Waals surface area contributed by atoms with Gasteiger partial charge in [0.1, 0.15) is 0 Å². The van der Waals surface area contributed by atoms with Crippen molar-refractivity contribution in [1.29, 1.82) is 0 Å². The largest absolute Gasteiger partial charge is 0.355 e. The van der Waals surface area contributed by atoms with Crippen LogP contribution in [0, 0.1) is 0 Å². The summed E-state index contributed by atoms with van der Waals surface area (Å²) in [7, 11) is 0. The number of rotatable bonds is 6. The zero-order valence-electron chi connectivity index (χ0n) is 18.9. The molecule has 172 valence electrons. The molecule has 4 aromatic rings. The van der Waals surface area contributed by atoms with Gasteiger partial charge in [-0.25, -0.2) is 0 Å². The molecule has 2 N–H and O–H groups in total. The van der Waals surface area contributed by atoms with E-state index in [1.54, 1.807) is 6.20 Å². The van der Waals surface area contributed by atoms with Crippen molar-refractivity contribution < 1.29 is 4.79 Å². The molecule has 5 rings (SSSR count). The number of halogens is 1. The molecule has 5 nitrogen and oxygen atoms in total. The van der Waals surface area contributed by atoms with Crippen LogP contribution in [0.1, 0.15) is 28.8 Å². The third kappa shape index (κ3) is 5.22. The summed E-state index contributed by atoms with van der Waals surface area (Å²) in [6, 6.07) is 26.2. The van der Waals surface area contributed by atoms with E-state index >= 15 is 0 Å². The SMILES string of the molecule is O=C(c1ccccc1)N1CCC(NCc2ccc(Nc3ccnc4cc(Cl)ccc34)cc2)CC1. The van der Waals surface area contributed by atoms with Gasteiger partial charge in [-0.3, -0.25) is 9.78 Å². The fourth-order valence-corrected chi connectivity index (χ4v) is 4.57. The molecule has 0 saturated carbocycles. The van der Waals surface area contributed by atoms with E-state index in [4.69, 9.17) is 11.6 Å². The van der Waals surface area contributed by atoms with Crippen LogP contribution in [0.3, 0.4) is 0 Å². The molecule has 6 heteroatoms. The van der Waals surface area contributed by atoms with Crippen molar-refractivity contribution in [3.63, 3.8) is 0 Å². The number of pyridine rings is 1. The Bertz CT molecular complexity index is 1270. The monoisotopic (exact) mass is 470 g/mol. The lowest BCUT2D eigenvalue weighted by Gasteiger charge is -2.32. The summed E-state index contributed by atoms with van der Waals surface area (Å²) in [6.07, 6.45) is 3.73. The summed E-state index contributed by atoms with van der Waals surface area (Å²) in [5.74, 6) is 0.132. The second-order valence-electron chi connectivity index (χ2n) is 8.66. The first-order chi connectivity index (χ1) is 16.7. The highest BCUT2D eigenvalue weighted by molar-refractivity contribution is 6.31. The maximum absolute atomic E-state index is 12.6. The van der Waals surface area contributed by atoms with E-state index in [1.807, 2.05) is 59.5 Å². The average molecular weight is 471 g/mol. The Morgan fingerprint density at radius 1 is 0.971 bits per heavy atom. The number of hydrogen-bond acceptors (Lipinski definition) is 4. The molecule has 1 aliphatic heterocycles. The van der Waals surface area contributed by atoms with Crippen molar-refractivity contribution >= 4 is 39.8 Å². The maximum Gasteiger partial charge on any atom is 0.253 e. The number of piperidine rings is 1. The first kappa shape index (κ1) is 22.4. The maximum atomic E-state index is 12.6. The van der Waals surface area contributed by atoms with Gasteiger partial charge in [-0.15, -0.1) is 0 Å². The van der Waals surface area contributed by atoms with Gasteiger partial charge in [0.15, 0.2) is 0 Å². The van der Waals surface area contributed by atoms with Crippen molar-refractivity contribution in [2.75, 3.05) is 18.4 Å². The third-order valence-electron chi connectivity index (χ3n) is 6.34. The smallest absolute Gasteiger partial charge is 0.253 e. The Kier molecular flexibility index (Phi) is 6.74. The fourth-order valence-electron chi connectivity index (χ4n) is 4.40. The molecule has 34 heavy (non-hydrogen) atoms. The summed E-state index contributed by atoms with van der Waals surface area (Å²) < 4.78 is 0. The number of carbonyl (C=O) groups is 1. The van der Waals surface area contributed by atoms with E-state index in [1.165, 1.54) is 5.56 Å². The van der Waals surface area contributed by atoms with Crippen molar-refractivity contribution in [1.82, 2.24) is 15.2 Å². The van der Waals surface area contributed by atoms with Gasteiger partial charge in [0, 0.05) is 59.2 Å². The van der Waals surface area contributed by atoms with Crippen LogP contribution in [0.25, 0.3) is 10.9 Å². The van der Waals surface area contributed by atoms with Gasteiger partial charge in [0.25, 0.3) is 5.91 Å². The van der Waals surface area contributed by atoms with Gasteiger partial charge in [0.05, 0.1) is 5.52 Å². The Morgan fingerprint density at radius 3 is 2.50 bits per heavy atom. The minimum absolute atomic E-state index is 0.132. The second kappa shape index (κ2) is 10.2. The Balaban J connectivity index is 1.13. The normalized spacial score (nSPS) is 14.3. The van der Waals surface area contributed by atoms with Crippen molar-refractivity contribution in [3.05, 3.63) is 101 Å². The second-order valence-corrected chi connectivity index (χ2v) is 9.09. The number of fused-ring (bicyclic) bond motifs is 1. The fraction of sp³-hybridized carbons (Fsp3) is 0.214. The van der Waals surface area contributed by atoms with E-state index < -0.39 is 0 Å². The predicted octanol–water partition coefficient (Wildman–Crippen LogP) is 6.03. The molecule has 1 aliphatic rings. The number of amides is 1. The van der Waals surface area contributed by atoms with Crippen LogP contribution >= 0.6 is 11.6 Å². The van der Waals surface area contributed by atoms with Crippen molar-refractivity contribution in [2.24, 2.45) is 0 Å². The number of nitrogens with one attached hydrogen (secondary N) is 2. The van der Waals surface area contributed by atoms with Crippen LogP contribution in [-0.4, -0.2) is 34.9 Å². The Labute approximate surface area is 204 Å². The number of nitrogens with zero attached hydrogens (tertiary/aromatic N) is 2.